The quantitative estimate of drug-likeness (QED) is 0.673. The van der Waals surface area contributed by atoms with Crippen LogP contribution in [0, 0.1) is 6.92 Å². The van der Waals surface area contributed by atoms with E-state index in [1.807, 2.05) is 14.0 Å². The molecule has 2 N–H and O–H groups in total. The molecule has 0 saturated carbocycles. The smallest absolute Gasteiger partial charge is 0.134 e. The third kappa shape index (κ3) is 5.03. The zero-order valence-corrected chi connectivity index (χ0v) is 12.5. The largest absolute Gasteiger partial charge is 0.381 e. The zero-order valence-electron chi connectivity index (χ0n) is 12.5. The Labute approximate surface area is 116 Å². The van der Waals surface area contributed by atoms with Gasteiger partial charge in [0.1, 0.15) is 17.5 Å². The molecule has 5 heteroatoms. The maximum absolute atomic E-state index is 5.46. The molecule has 0 fully saturated rings. The van der Waals surface area contributed by atoms with Crippen LogP contribution in [0.25, 0.3) is 0 Å². The van der Waals surface area contributed by atoms with Gasteiger partial charge in [0.25, 0.3) is 0 Å². The molecule has 1 heterocycles. The lowest BCUT2D eigenvalue weighted by Crippen LogP contribution is -2.12. The fourth-order valence-corrected chi connectivity index (χ4v) is 1.76. The average molecular weight is 266 g/mol. The van der Waals surface area contributed by atoms with Crippen molar-refractivity contribution in [2.45, 2.75) is 40.0 Å². The summed E-state index contributed by atoms with van der Waals surface area (Å²) in [7, 11) is 1.89. The molecule has 1 rings (SSSR count). The van der Waals surface area contributed by atoms with Crippen LogP contribution in [0.15, 0.2) is 0 Å². The Morgan fingerprint density at radius 1 is 1.11 bits per heavy atom. The van der Waals surface area contributed by atoms with E-state index in [1.54, 1.807) is 0 Å². The van der Waals surface area contributed by atoms with Crippen molar-refractivity contribution in [3.63, 3.8) is 0 Å². The van der Waals surface area contributed by atoms with Gasteiger partial charge in [0.15, 0.2) is 0 Å². The Kier molecular flexibility index (Phi) is 7.18. The number of aromatic nitrogens is 2. The molecular weight excluding hydrogens is 240 g/mol. The second-order valence-corrected chi connectivity index (χ2v) is 4.46. The second kappa shape index (κ2) is 8.69. The lowest BCUT2D eigenvalue weighted by molar-refractivity contribution is 0.134. The van der Waals surface area contributed by atoms with Gasteiger partial charge in [-0.2, -0.15) is 0 Å². The van der Waals surface area contributed by atoms with Gasteiger partial charge in [0.05, 0.1) is 0 Å². The number of rotatable bonds is 9. The topological polar surface area (TPSA) is 59.1 Å². The van der Waals surface area contributed by atoms with Gasteiger partial charge < -0.3 is 15.4 Å². The zero-order chi connectivity index (χ0) is 14.1. The lowest BCUT2D eigenvalue weighted by atomic mass is 10.3. The first-order valence-corrected chi connectivity index (χ1v) is 7.09. The molecule has 0 aromatic carbocycles. The van der Waals surface area contributed by atoms with Crippen molar-refractivity contribution in [3.05, 3.63) is 11.4 Å². The highest BCUT2D eigenvalue weighted by Gasteiger charge is 2.08. The first-order chi connectivity index (χ1) is 9.22. The molecule has 0 amide bonds. The van der Waals surface area contributed by atoms with E-state index in [1.165, 1.54) is 0 Å². The van der Waals surface area contributed by atoms with Gasteiger partial charge in [-0.15, -0.1) is 0 Å². The summed E-state index contributed by atoms with van der Waals surface area (Å²) in [6.45, 7) is 8.72. The minimum atomic E-state index is 0.796. The Bertz CT molecular complexity index is 382. The Morgan fingerprint density at radius 3 is 2.47 bits per heavy atom. The number of anilines is 2. The summed E-state index contributed by atoms with van der Waals surface area (Å²) < 4.78 is 5.46. The number of hydrogen-bond donors (Lipinski definition) is 2. The van der Waals surface area contributed by atoms with Gasteiger partial charge in [-0.3, -0.25) is 0 Å². The van der Waals surface area contributed by atoms with Crippen LogP contribution in [-0.4, -0.2) is 36.8 Å². The first-order valence-electron chi connectivity index (χ1n) is 7.09. The van der Waals surface area contributed by atoms with E-state index in [9.17, 15) is 0 Å². The predicted octanol–water partition coefficient (Wildman–Crippen LogP) is 2.62. The van der Waals surface area contributed by atoms with Gasteiger partial charge in [0, 0.05) is 38.8 Å². The third-order valence-electron chi connectivity index (χ3n) is 2.85. The van der Waals surface area contributed by atoms with Crippen molar-refractivity contribution >= 4 is 11.6 Å². The average Bonchev–Trinajstić information content (AvgIpc) is 2.44. The monoisotopic (exact) mass is 266 g/mol. The molecule has 0 radical (unpaired) electrons. The summed E-state index contributed by atoms with van der Waals surface area (Å²) in [6, 6.07) is 0. The third-order valence-corrected chi connectivity index (χ3v) is 2.85. The molecule has 1 aromatic rings. The summed E-state index contributed by atoms with van der Waals surface area (Å²) in [5.74, 6) is 2.68. The van der Waals surface area contributed by atoms with Crippen molar-refractivity contribution in [2.75, 3.05) is 37.4 Å². The SMILES string of the molecule is CCCOCCCNc1nc(CC)nc(NC)c1C. The van der Waals surface area contributed by atoms with Gasteiger partial charge in [-0.25, -0.2) is 9.97 Å². The lowest BCUT2D eigenvalue weighted by Gasteiger charge is -2.13. The van der Waals surface area contributed by atoms with E-state index in [2.05, 4.69) is 34.4 Å². The molecule has 0 aliphatic rings. The van der Waals surface area contributed by atoms with Gasteiger partial charge >= 0.3 is 0 Å². The molecular formula is C14H26N4O. The van der Waals surface area contributed by atoms with Crippen LogP contribution in [0.5, 0.6) is 0 Å². The van der Waals surface area contributed by atoms with Crippen molar-refractivity contribution in [1.82, 2.24) is 9.97 Å². The van der Waals surface area contributed by atoms with Crippen molar-refractivity contribution < 1.29 is 4.74 Å². The molecule has 0 atom stereocenters. The molecule has 1 aromatic heterocycles. The van der Waals surface area contributed by atoms with E-state index < -0.39 is 0 Å². The van der Waals surface area contributed by atoms with E-state index in [0.29, 0.717) is 0 Å². The van der Waals surface area contributed by atoms with Gasteiger partial charge in [0.2, 0.25) is 0 Å². The van der Waals surface area contributed by atoms with Crippen molar-refractivity contribution in [1.29, 1.82) is 0 Å². The molecule has 0 saturated heterocycles. The molecule has 0 unspecified atom stereocenters. The van der Waals surface area contributed by atoms with Crippen LogP contribution in [-0.2, 0) is 11.2 Å². The van der Waals surface area contributed by atoms with Crippen LogP contribution in [0.2, 0.25) is 0 Å². The molecule has 108 valence electrons. The van der Waals surface area contributed by atoms with Gasteiger partial charge in [-0.05, 0) is 19.8 Å². The van der Waals surface area contributed by atoms with Gasteiger partial charge in [-0.1, -0.05) is 13.8 Å². The number of aryl methyl sites for hydroxylation is 1. The molecule has 0 spiro atoms. The first kappa shape index (κ1) is 15.7. The number of nitrogens with one attached hydrogen (secondary N) is 2. The number of ether oxygens (including phenoxy) is 1. The summed E-state index contributed by atoms with van der Waals surface area (Å²) in [6.07, 6.45) is 2.90. The fourth-order valence-electron chi connectivity index (χ4n) is 1.76. The van der Waals surface area contributed by atoms with Crippen LogP contribution in [0.1, 0.15) is 38.1 Å². The molecule has 0 bridgehead atoms. The molecule has 5 nitrogen and oxygen atoms in total. The minimum Gasteiger partial charge on any atom is -0.381 e. The standard InChI is InChI=1S/C14H26N4O/c1-5-9-19-10-7-8-16-14-11(3)13(15-4)17-12(6-2)18-14/h5-10H2,1-4H3,(H2,15,16,17,18). The van der Waals surface area contributed by atoms with Crippen molar-refractivity contribution in [2.24, 2.45) is 0 Å². The second-order valence-electron chi connectivity index (χ2n) is 4.46. The summed E-state index contributed by atoms with van der Waals surface area (Å²) in [4.78, 5) is 8.98. The Balaban J connectivity index is 2.52. The van der Waals surface area contributed by atoms with Crippen LogP contribution >= 0.6 is 0 Å². The van der Waals surface area contributed by atoms with E-state index >= 15 is 0 Å². The summed E-state index contributed by atoms with van der Waals surface area (Å²) in [5, 5.41) is 6.48. The van der Waals surface area contributed by atoms with Crippen LogP contribution in [0.4, 0.5) is 11.6 Å². The molecule has 0 aliphatic heterocycles. The molecule has 19 heavy (non-hydrogen) atoms. The van der Waals surface area contributed by atoms with E-state index in [4.69, 9.17) is 4.74 Å². The van der Waals surface area contributed by atoms with E-state index in [-0.39, 0.29) is 0 Å². The minimum absolute atomic E-state index is 0.796. The maximum atomic E-state index is 5.46. The predicted molar refractivity (Wildman–Crippen MR) is 79.9 cm³/mol. The Morgan fingerprint density at radius 2 is 1.84 bits per heavy atom. The van der Waals surface area contributed by atoms with Crippen molar-refractivity contribution in [3.8, 4) is 0 Å². The normalized spacial score (nSPS) is 10.5. The number of hydrogen-bond acceptors (Lipinski definition) is 5. The number of nitrogens with zero attached hydrogens (tertiary/aromatic N) is 2. The maximum Gasteiger partial charge on any atom is 0.134 e. The van der Waals surface area contributed by atoms with E-state index in [0.717, 1.165) is 62.0 Å². The summed E-state index contributed by atoms with van der Waals surface area (Å²) >= 11 is 0. The van der Waals surface area contributed by atoms with Crippen LogP contribution < -0.4 is 10.6 Å². The highest BCUT2D eigenvalue weighted by atomic mass is 16.5. The van der Waals surface area contributed by atoms with Crippen LogP contribution in [0.3, 0.4) is 0 Å². The highest BCUT2D eigenvalue weighted by Crippen LogP contribution is 2.19. The molecule has 0 aliphatic carbocycles. The Hall–Kier alpha value is -1.36. The summed E-state index contributed by atoms with van der Waals surface area (Å²) in [5.41, 5.74) is 1.06. The fraction of sp³-hybridized carbons (Fsp3) is 0.714. The highest BCUT2D eigenvalue weighted by molar-refractivity contribution is 5.56.